The molecule has 1 saturated heterocycles. The van der Waals surface area contributed by atoms with E-state index in [4.69, 9.17) is 14.2 Å². The minimum atomic E-state index is -1.11. The minimum absolute atomic E-state index is 0.0520. The summed E-state index contributed by atoms with van der Waals surface area (Å²) in [6, 6.07) is 1.44. The number of methoxy groups -OCH3 is 1. The molecule has 1 saturated carbocycles. The van der Waals surface area contributed by atoms with Crippen LogP contribution in [0.4, 0.5) is 5.82 Å². The van der Waals surface area contributed by atoms with Crippen LogP contribution in [-0.2, 0) is 23.8 Å². The van der Waals surface area contributed by atoms with E-state index in [2.05, 4.69) is 10.3 Å². The van der Waals surface area contributed by atoms with Gasteiger partial charge in [0.25, 0.3) is 0 Å². The molecule has 3 N–H and O–H groups in total. The molecule has 2 aliphatic rings. The SMILES string of the molecule is CCCCOC(=O)C1CCCCC1C(=O)Nc1ccn(C2OC(CO)C(O)C2OC)c(=O)n1. The molecule has 0 spiro atoms. The van der Waals surface area contributed by atoms with Gasteiger partial charge in [0.2, 0.25) is 5.91 Å². The van der Waals surface area contributed by atoms with Crippen molar-refractivity contribution in [2.75, 3.05) is 25.6 Å². The van der Waals surface area contributed by atoms with Gasteiger partial charge >= 0.3 is 11.7 Å². The molecule has 1 aliphatic heterocycles. The summed E-state index contributed by atoms with van der Waals surface area (Å²) in [6.45, 7) is 1.92. The number of aliphatic hydroxyl groups is 2. The molecule has 1 aliphatic carbocycles. The number of ether oxygens (including phenoxy) is 3. The average Bonchev–Trinajstić information content (AvgIpc) is 3.14. The lowest BCUT2D eigenvalue weighted by Crippen LogP contribution is -2.39. The molecule has 0 bridgehead atoms. The number of aromatic nitrogens is 2. The summed E-state index contributed by atoms with van der Waals surface area (Å²) in [4.78, 5) is 41.9. The molecule has 2 heterocycles. The van der Waals surface area contributed by atoms with Crippen LogP contribution in [0.15, 0.2) is 17.1 Å². The maximum absolute atomic E-state index is 12.9. The van der Waals surface area contributed by atoms with E-state index in [1.807, 2.05) is 6.92 Å². The number of hydrogen-bond donors (Lipinski definition) is 3. The fraction of sp³-hybridized carbons (Fsp3) is 0.727. The predicted molar refractivity (Wildman–Crippen MR) is 116 cm³/mol. The van der Waals surface area contributed by atoms with Crippen LogP contribution < -0.4 is 11.0 Å². The van der Waals surface area contributed by atoms with Crippen LogP contribution in [0.1, 0.15) is 51.7 Å². The van der Waals surface area contributed by atoms with Gasteiger partial charge in [-0.15, -0.1) is 0 Å². The second-order valence-electron chi connectivity index (χ2n) is 8.45. The average molecular weight is 468 g/mol. The fourth-order valence-corrected chi connectivity index (χ4v) is 4.39. The summed E-state index contributed by atoms with van der Waals surface area (Å²) in [7, 11) is 1.37. The van der Waals surface area contributed by atoms with Crippen LogP contribution in [0.25, 0.3) is 0 Å². The minimum Gasteiger partial charge on any atom is -0.465 e. The van der Waals surface area contributed by atoms with Crippen LogP contribution in [0.2, 0.25) is 0 Å². The number of hydrogen-bond acceptors (Lipinski definition) is 9. The van der Waals surface area contributed by atoms with Crippen LogP contribution >= 0.6 is 0 Å². The van der Waals surface area contributed by atoms with Gasteiger partial charge in [-0.1, -0.05) is 26.2 Å². The first kappa shape index (κ1) is 25.3. The molecule has 1 aromatic rings. The summed E-state index contributed by atoms with van der Waals surface area (Å²) >= 11 is 0. The standard InChI is InChI=1S/C22H33N3O8/c1-3-4-11-32-21(29)14-8-6-5-7-13(14)19(28)23-16-9-10-25(22(30)24-16)20-18(31-2)17(27)15(12-26)33-20/h9-10,13-15,17-18,20,26-27H,3-8,11-12H2,1-2H3,(H,23,24,28,30). The summed E-state index contributed by atoms with van der Waals surface area (Å²) < 4.78 is 17.3. The number of nitrogens with zero attached hydrogens (tertiary/aromatic N) is 2. The summed E-state index contributed by atoms with van der Waals surface area (Å²) in [6.07, 6.45) is 2.04. The van der Waals surface area contributed by atoms with Gasteiger partial charge in [0.1, 0.15) is 24.1 Å². The lowest BCUT2D eigenvalue weighted by molar-refractivity contribution is -0.154. The van der Waals surface area contributed by atoms with E-state index in [0.717, 1.165) is 30.3 Å². The largest absolute Gasteiger partial charge is 0.465 e. The number of carbonyl (C=O) groups is 2. The molecule has 6 atom stereocenters. The molecule has 1 aromatic heterocycles. The zero-order chi connectivity index (χ0) is 24.0. The quantitative estimate of drug-likeness (QED) is 0.350. The third-order valence-electron chi connectivity index (χ3n) is 6.27. The van der Waals surface area contributed by atoms with Gasteiger partial charge in [0.15, 0.2) is 6.23 Å². The van der Waals surface area contributed by atoms with Crippen molar-refractivity contribution >= 4 is 17.7 Å². The van der Waals surface area contributed by atoms with E-state index >= 15 is 0 Å². The molecule has 3 rings (SSSR count). The van der Waals surface area contributed by atoms with Gasteiger partial charge < -0.3 is 29.7 Å². The van der Waals surface area contributed by atoms with Gasteiger partial charge in [0.05, 0.1) is 25.0 Å². The molecule has 184 valence electrons. The van der Waals surface area contributed by atoms with Crippen molar-refractivity contribution in [1.82, 2.24) is 9.55 Å². The number of nitrogens with one attached hydrogen (secondary N) is 1. The van der Waals surface area contributed by atoms with Crippen molar-refractivity contribution in [1.29, 1.82) is 0 Å². The Hall–Kier alpha value is -2.34. The lowest BCUT2D eigenvalue weighted by atomic mass is 9.78. The summed E-state index contributed by atoms with van der Waals surface area (Å²) in [5, 5.41) is 22.2. The highest BCUT2D eigenvalue weighted by Gasteiger charge is 2.45. The zero-order valence-corrected chi connectivity index (χ0v) is 19.0. The van der Waals surface area contributed by atoms with Crippen molar-refractivity contribution in [3.8, 4) is 0 Å². The van der Waals surface area contributed by atoms with Crippen molar-refractivity contribution in [2.24, 2.45) is 11.8 Å². The van der Waals surface area contributed by atoms with Gasteiger partial charge in [-0.05, 0) is 25.3 Å². The number of amides is 1. The molecule has 6 unspecified atom stereocenters. The number of rotatable bonds is 9. The molecule has 11 heteroatoms. The van der Waals surface area contributed by atoms with Crippen LogP contribution in [0.5, 0.6) is 0 Å². The molecule has 0 radical (unpaired) electrons. The second kappa shape index (κ2) is 11.7. The van der Waals surface area contributed by atoms with Crippen molar-refractivity contribution in [3.63, 3.8) is 0 Å². The molecule has 11 nitrogen and oxygen atoms in total. The second-order valence-corrected chi connectivity index (χ2v) is 8.45. The van der Waals surface area contributed by atoms with E-state index in [1.54, 1.807) is 0 Å². The van der Waals surface area contributed by atoms with E-state index < -0.39 is 48.7 Å². The highest BCUT2D eigenvalue weighted by molar-refractivity contribution is 5.94. The van der Waals surface area contributed by atoms with Gasteiger partial charge in [-0.25, -0.2) is 4.79 Å². The zero-order valence-electron chi connectivity index (χ0n) is 19.0. The summed E-state index contributed by atoms with van der Waals surface area (Å²) in [5.41, 5.74) is -0.718. The smallest absolute Gasteiger partial charge is 0.351 e. The Morgan fingerprint density at radius 3 is 2.67 bits per heavy atom. The Kier molecular flexibility index (Phi) is 8.95. The monoisotopic (exact) mass is 467 g/mol. The third-order valence-corrected chi connectivity index (χ3v) is 6.27. The highest BCUT2D eigenvalue weighted by atomic mass is 16.6. The van der Waals surface area contributed by atoms with Gasteiger partial charge in [-0.2, -0.15) is 4.98 Å². The first-order valence-corrected chi connectivity index (χ1v) is 11.4. The number of unbranched alkanes of at least 4 members (excludes halogenated alkanes) is 1. The maximum Gasteiger partial charge on any atom is 0.351 e. The Morgan fingerprint density at radius 2 is 2.03 bits per heavy atom. The van der Waals surface area contributed by atoms with Crippen LogP contribution in [0.3, 0.4) is 0 Å². The molecular weight excluding hydrogens is 434 g/mol. The molecular formula is C22H33N3O8. The van der Waals surface area contributed by atoms with Gasteiger partial charge in [0, 0.05) is 13.3 Å². The summed E-state index contributed by atoms with van der Waals surface area (Å²) in [5.74, 6) is -1.74. The number of carbonyl (C=O) groups excluding carboxylic acids is 2. The third kappa shape index (κ3) is 5.78. The Bertz CT molecular complexity index is 875. The molecule has 2 fully saturated rings. The normalized spacial score (nSPS) is 29.6. The van der Waals surface area contributed by atoms with Crippen molar-refractivity contribution in [2.45, 2.75) is 70.0 Å². The van der Waals surface area contributed by atoms with E-state index in [-0.39, 0.29) is 17.7 Å². The Labute approximate surface area is 192 Å². The Morgan fingerprint density at radius 1 is 1.30 bits per heavy atom. The van der Waals surface area contributed by atoms with Crippen molar-refractivity contribution in [3.05, 3.63) is 22.7 Å². The molecule has 33 heavy (non-hydrogen) atoms. The van der Waals surface area contributed by atoms with Crippen molar-refractivity contribution < 1.29 is 34.0 Å². The van der Waals surface area contributed by atoms with Crippen LogP contribution in [-0.4, -0.2) is 70.3 Å². The van der Waals surface area contributed by atoms with E-state index in [9.17, 15) is 24.6 Å². The topological polar surface area (TPSA) is 149 Å². The molecule has 0 aromatic carbocycles. The number of anilines is 1. The fourth-order valence-electron chi connectivity index (χ4n) is 4.39. The predicted octanol–water partition coefficient (Wildman–Crippen LogP) is 0.597. The maximum atomic E-state index is 12.9. The van der Waals surface area contributed by atoms with Crippen LogP contribution in [0, 0.1) is 11.8 Å². The number of aliphatic hydroxyl groups excluding tert-OH is 2. The lowest BCUT2D eigenvalue weighted by Gasteiger charge is -2.28. The molecule has 1 amide bonds. The van der Waals surface area contributed by atoms with E-state index in [0.29, 0.717) is 19.4 Å². The number of esters is 1. The first-order chi connectivity index (χ1) is 15.9. The highest BCUT2D eigenvalue weighted by Crippen LogP contribution is 2.32. The Balaban J connectivity index is 1.69. The van der Waals surface area contributed by atoms with E-state index in [1.165, 1.54) is 19.4 Å². The van der Waals surface area contributed by atoms with Gasteiger partial charge in [-0.3, -0.25) is 14.2 Å². The first-order valence-electron chi connectivity index (χ1n) is 11.4.